The summed E-state index contributed by atoms with van der Waals surface area (Å²) in [5.74, 6) is 0. The smallest absolute Gasteiger partial charge is 0.0388 e. The molecule has 0 aliphatic heterocycles. The minimum Gasteiger partial charge on any atom is -0.305 e. The van der Waals surface area contributed by atoms with E-state index in [9.17, 15) is 0 Å². The first-order valence-electron chi connectivity index (χ1n) is 6.41. The summed E-state index contributed by atoms with van der Waals surface area (Å²) in [5, 5.41) is 5.75. The minimum atomic E-state index is 0.421. The average Bonchev–Trinajstić information content (AvgIpc) is 2.80. The van der Waals surface area contributed by atoms with E-state index in [1.165, 1.54) is 27.1 Å². The highest BCUT2D eigenvalue weighted by Crippen LogP contribution is 2.21. The normalized spacial score (nSPS) is 12.7. The first kappa shape index (κ1) is 13.3. The Morgan fingerprint density at radius 3 is 2.39 bits per heavy atom. The molecule has 2 rings (SSSR count). The van der Waals surface area contributed by atoms with Crippen molar-refractivity contribution in [2.45, 2.75) is 40.3 Å². The molecule has 0 fully saturated rings. The van der Waals surface area contributed by atoms with Crippen molar-refractivity contribution in [3.05, 3.63) is 56.8 Å². The van der Waals surface area contributed by atoms with Gasteiger partial charge >= 0.3 is 0 Å². The molecule has 0 bridgehead atoms. The maximum Gasteiger partial charge on any atom is 0.0388 e. The zero-order valence-corrected chi connectivity index (χ0v) is 12.4. The van der Waals surface area contributed by atoms with Crippen molar-refractivity contribution in [3.8, 4) is 0 Å². The fraction of sp³-hybridized carbons (Fsp3) is 0.375. The van der Waals surface area contributed by atoms with E-state index in [-0.39, 0.29) is 0 Å². The van der Waals surface area contributed by atoms with Gasteiger partial charge < -0.3 is 5.32 Å². The third kappa shape index (κ3) is 3.01. The van der Waals surface area contributed by atoms with Crippen LogP contribution >= 0.6 is 11.3 Å². The molecule has 1 aromatic carbocycles. The van der Waals surface area contributed by atoms with Crippen LogP contribution in [0.4, 0.5) is 0 Å². The number of benzene rings is 1. The summed E-state index contributed by atoms with van der Waals surface area (Å²) < 4.78 is 0. The van der Waals surface area contributed by atoms with Crippen LogP contribution in [0, 0.1) is 20.8 Å². The Labute approximate surface area is 114 Å². The largest absolute Gasteiger partial charge is 0.305 e. The van der Waals surface area contributed by atoms with E-state index in [1.54, 1.807) is 0 Å². The molecule has 96 valence electrons. The van der Waals surface area contributed by atoms with Gasteiger partial charge in [0.1, 0.15) is 0 Å². The van der Waals surface area contributed by atoms with Crippen molar-refractivity contribution in [2.24, 2.45) is 0 Å². The number of hydrogen-bond donors (Lipinski definition) is 1. The van der Waals surface area contributed by atoms with Crippen LogP contribution in [0.25, 0.3) is 0 Å². The number of rotatable bonds is 4. The Kier molecular flexibility index (Phi) is 4.20. The summed E-state index contributed by atoms with van der Waals surface area (Å²) >= 11 is 1.81. The molecule has 0 radical (unpaired) electrons. The van der Waals surface area contributed by atoms with Crippen LogP contribution in [0.15, 0.2) is 29.6 Å². The van der Waals surface area contributed by atoms with Gasteiger partial charge in [-0.3, -0.25) is 0 Å². The molecule has 0 saturated carbocycles. The van der Waals surface area contributed by atoms with Crippen LogP contribution in [0.1, 0.15) is 40.1 Å². The van der Waals surface area contributed by atoms with E-state index in [1.807, 2.05) is 11.3 Å². The lowest BCUT2D eigenvalue weighted by Crippen LogP contribution is -2.18. The molecule has 1 heterocycles. The average molecular weight is 259 g/mol. The predicted octanol–water partition coefficient (Wildman–Crippen LogP) is 4.52. The third-order valence-corrected chi connectivity index (χ3v) is 4.45. The van der Waals surface area contributed by atoms with E-state index in [0.717, 1.165) is 6.54 Å². The summed E-state index contributed by atoms with van der Waals surface area (Å²) in [4.78, 5) is 1.40. The number of hydrogen-bond acceptors (Lipinski definition) is 2. The number of thiophene rings is 1. The lowest BCUT2D eigenvalue weighted by atomic mass is 9.99. The molecule has 0 spiro atoms. The van der Waals surface area contributed by atoms with Crippen LogP contribution in [0.5, 0.6) is 0 Å². The minimum absolute atomic E-state index is 0.421. The van der Waals surface area contributed by atoms with E-state index in [0.29, 0.717) is 6.04 Å². The van der Waals surface area contributed by atoms with Crippen molar-refractivity contribution < 1.29 is 0 Å². The van der Waals surface area contributed by atoms with Gasteiger partial charge in [0.2, 0.25) is 0 Å². The van der Waals surface area contributed by atoms with E-state index in [2.05, 4.69) is 62.7 Å². The van der Waals surface area contributed by atoms with Gasteiger partial charge in [0, 0.05) is 17.5 Å². The molecule has 1 nitrogen and oxygen atoms in total. The third-order valence-electron chi connectivity index (χ3n) is 3.40. The molecule has 1 aromatic heterocycles. The van der Waals surface area contributed by atoms with Gasteiger partial charge in [0.25, 0.3) is 0 Å². The van der Waals surface area contributed by atoms with E-state index < -0.39 is 0 Å². The Morgan fingerprint density at radius 1 is 1.17 bits per heavy atom. The summed E-state index contributed by atoms with van der Waals surface area (Å²) in [6.45, 7) is 9.73. The van der Waals surface area contributed by atoms with Gasteiger partial charge in [-0.05, 0) is 55.8 Å². The van der Waals surface area contributed by atoms with Crippen molar-refractivity contribution in [1.29, 1.82) is 0 Å². The monoisotopic (exact) mass is 259 g/mol. The fourth-order valence-electron chi connectivity index (χ4n) is 2.38. The fourth-order valence-corrected chi connectivity index (χ4v) is 3.14. The Bertz CT molecular complexity index is 491. The maximum absolute atomic E-state index is 3.61. The molecule has 18 heavy (non-hydrogen) atoms. The second-order valence-electron chi connectivity index (χ2n) is 5.00. The maximum atomic E-state index is 3.61. The SMILES string of the molecule is Cc1cc(C)c(CN[C@@H](C)c2cccs2)c(C)c1. The molecule has 2 heteroatoms. The zero-order chi connectivity index (χ0) is 13.1. The first-order valence-corrected chi connectivity index (χ1v) is 7.29. The molecular formula is C16H21NS. The van der Waals surface area contributed by atoms with Crippen molar-refractivity contribution in [1.82, 2.24) is 5.32 Å². The van der Waals surface area contributed by atoms with Crippen LogP contribution in [-0.4, -0.2) is 0 Å². The van der Waals surface area contributed by atoms with Gasteiger partial charge in [-0.15, -0.1) is 11.3 Å². The molecule has 1 N–H and O–H groups in total. The lowest BCUT2D eigenvalue weighted by Gasteiger charge is -2.16. The van der Waals surface area contributed by atoms with Crippen LogP contribution in [0.3, 0.4) is 0 Å². The standard InChI is InChI=1S/C16H21NS/c1-11-8-12(2)15(13(3)9-11)10-17-14(4)16-6-5-7-18-16/h5-9,14,17H,10H2,1-4H3/t14-/m0/s1. The quantitative estimate of drug-likeness (QED) is 0.851. The van der Waals surface area contributed by atoms with Crippen LogP contribution in [0.2, 0.25) is 0 Å². The molecule has 0 unspecified atom stereocenters. The Balaban J connectivity index is 2.07. The highest BCUT2D eigenvalue weighted by atomic mass is 32.1. The zero-order valence-electron chi connectivity index (χ0n) is 11.6. The molecular weight excluding hydrogens is 238 g/mol. The summed E-state index contributed by atoms with van der Waals surface area (Å²) in [7, 11) is 0. The molecule has 0 amide bonds. The second kappa shape index (κ2) is 5.68. The second-order valence-corrected chi connectivity index (χ2v) is 5.97. The lowest BCUT2D eigenvalue weighted by molar-refractivity contribution is 0.580. The molecule has 0 saturated heterocycles. The van der Waals surface area contributed by atoms with Gasteiger partial charge in [-0.2, -0.15) is 0 Å². The summed E-state index contributed by atoms with van der Waals surface area (Å²) in [5.41, 5.74) is 5.56. The molecule has 2 aromatic rings. The number of nitrogens with one attached hydrogen (secondary N) is 1. The summed E-state index contributed by atoms with van der Waals surface area (Å²) in [6.07, 6.45) is 0. The Morgan fingerprint density at radius 2 is 1.83 bits per heavy atom. The van der Waals surface area contributed by atoms with Gasteiger partial charge in [0.05, 0.1) is 0 Å². The predicted molar refractivity (Wildman–Crippen MR) is 80.2 cm³/mol. The van der Waals surface area contributed by atoms with Crippen molar-refractivity contribution in [3.63, 3.8) is 0 Å². The van der Waals surface area contributed by atoms with Crippen molar-refractivity contribution in [2.75, 3.05) is 0 Å². The molecule has 0 aliphatic carbocycles. The van der Waals surface area contributed by atoms with E-state index in [4.69, 9.17) is 0 Å². The highest BCUT2D eigenvalue weighted by molar-refractivity contribution is 7.10. The number of aryl methyl sites for hydroxylation is 3. The first-order chi connectivity index (χ1) is 8.58. The van der Waals surface area contributed by atoms with Crippen molar-refractivity contribution >= 4 is 11.3 Å². The molecule has 1 atom stereocenters. The van der Waals surface area contributed by atoms with Crippen LogP contribution in [-0.2, 0) is 6.54 Å². The topological polar surface area (TPSA) is 12.0 Å². The Hall–Kier alpha value is -1.12. The van der Waals surface area contributed by atoms with Gasteiger partial charge in [-0.25, -0.2) is 0 Å². The highest BCUT2D eigenvalue weighted by Gasteiger charge is 2.08. The van der Waals surface area contributed by atoms with Gasteiger partial charge in [-0.1, -0.05) is 23.8 Å². The van der Waals surface area contributed by atoms with E-state index >= 15 is 0 Å². The van der Waals surface area contributed by atoms with Crippen LogP contribution < -0.4 is 5.32 Å². The molecule has 0 aliphatic rings. The van der Waals surface area contributed by atoms with Gasteiger partial charge in [0.15, 0.2) is 0 Å². The summed E-state index contributed by atoms with van der Waals surface area (Å²) in [6, 6.07) is 9.25.